The first-order valence-corrected chi connectivity index (χ1v) is 8.91. The summed E-state index contributed by atoms with van der Waals surface area (Å²) >= 11 is 0. The van der Waals surface area contributed by atoms with Crippen LogP contribution in [0, 0.1) is 5.92 Å². The lowest BCUT2D eigenvalue weighted by atomic mass is 10.0. The Morgan fingerprint density at radius 2 is 1.58 bits per heavy atom. The first kappa shape index (κ1) is 21.8. The van der Waals surface area contributed by atoms with E-state index in [-0.39, 0.29) is 12.0 Å². The first-order chi connectivity index (χ1) is 12.0. The van der Waals surface area contributed by atoms with E-state index < -0.39 is 29.8 Å². The van der Waals surface area contributed by atoms with Gasteiger partial charge in [0, 0.05) is 0 Å². The summed E-state index contributed by atoms with van der Waals surface area (Å²) in [6, 6.07) is 8.57. The molecular weight excluding hydrogens is 334 g/mol. The number of amides is 1. The van der Waals surface area contributed by atoms with Crippen LogP contribution in [0.25, 0.3) is 0 Å². The molecule has 0 aromatic heterocycles. The number of para-hydroxylation sites is 1. The van der Waals surface area contributed by atoms with Crippen molar-refractivity contribution in [2.24, 2.45) is 5.92 Å². The fraction of sp³-hybridized carbons (Fsp3) is 0.600. The number of ether oxygens (including phenoxy) is 3. The molecule has 1 aromatic rings. The molecule has 1 aromatic carbocycles. The third-order valence-electron chi connectivity index (χ3n) is 3.52. The third-order valence-corrected chi connectivity index (χ3v) is 3.52. The molecule has 1 unspecified atom stereocenters. The summed E-state index contributed by atoms with van der Waals surface area (Å²) in [4.78, 5) is 24.1. The van der Waals surface area contributed by atoms with Gasteiger partial charge in [0.25, 0.3) is 0 Å². The Hall–Kier alpha value is -2.24. The molecule has 146 valence electrons. The number of carbonyl (C=O) groups is 2. The molecule has 0 aliphatic heterocycles. The van der Waals surface area contributed by atoms with Crippen LogP contribution in [0.2, 0.25) is 0 Å². The second kappa shape index (κ2) is 9.46. The molecule has 0 saturated carbocycles. The van der Waals surface area contributed by atoms with Crippen LogP contribution >= 0.6 is 0 Å². The van der Waals surface area contributed by atoms with Gasteiger partial charge in [-0.25, -0.2) is 9.59 Å². The van der Waals surface area contributed by atoms with Crippen LogP contribution in [0.1, 0.15) is 48.5 Å². The molecule has 1 rings (SSSR count). The van der Waals surface area contributed by atoms with Crippen molar-refractivity contribution >= 4 is 12.1 Å². The molecule has 6 heteroatoms. The van der Waals surface area contributed by atoms with Crippen molar-refractivity contribution in [3.05, 3.63) is 30.3 Å². The van der Waals surface area contributed by atoms with Crippen LogP contribution in [0.3, 0.4) is 0 Å². The average Bonchev–Trinajstić information content (AvgIpc) is 2.51. The maximum Gasteiger partial charge on any atom is 0.408 e. The molecule has 26 heavy (non-hydrogen) atoms. The van der Waals surface area contributed by atoms with Crippen LogP contribution in [-0.4, -0.2) is 35.9 Å². The van der Waals surface area contributed by atoms with Gasteiger partial charge in [0.2, 0.25) is 0 Å². The van der Waals surface area contributed by atoms with E-state index in [1.807, 2.05) is 44.2 Å². The Labute approximate surface area is 156 Å². The highest BCUT2D eigenvalue weighted by Gasteiger charge is 2.29. The molecule has 0 bridgehead atoms. The van der Waals surface area contributed by atoms with Crippen molar-refractivity contribution in [2.45, 2.75) is 72.3 Å². The molecule has 0 radical (unpaired) electrons. The Morgan fingerprint density at radius 1 is 1.00 bits per heavy atom. The fourth-order valence-corrected chi connectivity index (χ4v) is 2.33. The van der Waals surface area contributed by atoms with E-state index in [0.717, 1.165) is 0 Å². The van der Waals surface area contributed by atoms with Crippen molar-refractivity contribution in [1.29, 1.82) is 0 Å². The molecular formula is C20H31NO5. The number of hydrogen-bond acceptors (Lipinski definition) is 5. The molecule has 0 saturated heterocycles. The molecule has 6 nitrogen and oxygen atoms in total. The van der Waals surface area contributed by atoms with Gasteiger partial charge in [-0.2, -0.15) is 0 Å². The van der Waals surface area contributed by atoms with Gasteiger partial charge in [-0.05, 0) is 52.7 Å². The lowest BCUT2D eigenvalue weighted by molar-refractivity contribution is -0.156. The highest BCUT2D eigenvalue weighted by Crippen LogP contribution is 2.19. The van der Waals surface area contributed by atoms with Crippen molar-refractivity contribution in [3.63, 3.8) is 0 Å². The minimum Gasteiger partial charge on any atom is -0.486 e. The van der Waals surface area contributed by atoms with Crippen LogP contribution in [-0.2, 0) is 14.3 Å². The van der Waals surface area contributed by atoms with Gasteiger partial charge in [-0.3, -0.25) is 0 Å². The normalized spacial score (nSPS) is 14.9. The Balaban J connectivity index is 2.63. The molecule has 3 atom stereocenters. The summed E-state index contributed by atoms with van der Waals surface area (Å²) in [5.74, 6) is 0.312. The molecule has 1 amide bonds. The number of carbonyl (C=O) groups excluding carboxylic acids is 2. The molecule has 0 aliphatic rings. The van der Waals surface area contributed by atoms with Gasteiger partial charge < -0.3 is 19.5 Å². The standard InChI is InChI=1S/C20H31NO5/c1-13(2)17(25-16-11-9-8-10-12-16)15(4)24-18(22)14(3)21-19(23)26-20(5,6)7/h8-15,17H,1-7H3,(H,21,23)/t14?,15-,17+/m0/s1. The summed E-state index contributed by atoms with van der Waals surface area (Å²) < 4.78 is 16.6. The number of benzene rings is 1. The maximum atomic E-state index is 12.3. The quantitative estimate of drug-likeness (QED) is 0.741. The summed E-state index contributed by atoms with van der Waals surface area (Å²) in [6.07, 6.45) is -1.45. The lowest BCUT2D eigenvalue weighted by Gasteiger charge is -2.29. The van der Waals surface area contributed by atoms with E-state index in [1.165, 1.54) is 0 Å². The van der Waals surface area contributed by atoms with Gasteiger partial charge in [-0.1, -0.05) is 32.0 Å². The molecule has 0 heterocycles. The van der Waals surface area contributed by atoms with E-state index in [1.54, 1.807) is 34.6 Å². The lowest BCUT2D eigenvalue weighted by Crippen LogP contribution is -2.45. The summed E-state index contributed by atoms with van der Waals surface area (Å²) in [7, 11) is 0. The van der Waals surface area contributed by atoms with E-state index in [0.29, 0.717) is 5.75 Å². The second-order valence-electron chi connectivity index (χ2n) is 7.65. The second-order valence-corrected chi connectivity index (χ2v) is 7.65. The minimum absolute atomic E-state index is 0.132. The monoisotopic (exact) mass is 365 g/mol. The number of rotatable bonds is 7. The Morgan fingerprint density at radius 3 is 2.08 bits per heavy atom. The van der Waals surface area contributed by atoms with Gasteiger partial charge in [0.05, 0.1) is 0 Å². The van der Waals surface area contributed by atoms with Gasteiger partial charge in [0.15, 0.2) is 0 Å². The van der Waals surface area contributed by atoms with Crippen LogP contribution in [0.5, 0.6) is 5.75 Å². The smallest absolute Gasteiger partial charge is 0.408 e. The number of hydrogen-bond donors (Lipinski definition) is 1. The molecule has 0 spiro atoms. The van der Waals surface area contributed by atoms with Crippen molar-refractivity contribution in [3.8, 4) is 5.75 Å². The van der Waals surface area contributed by atoms with Crippen molar-refractivity contribution in [1.82, 2.24) is 5.32 Å². The van der Waals surface area contributed by atoms with Crippen molar-refractivity contribution in [2.75, 3.05) is 0 Å². The highest BCUT2D eigenvalue weighted by molar-refractivity contribution is 5.81. The van der Waals surface area contributed by atoms with Crippen LogP contribution in [0.15, 0.2) is 30.3 Å². The molecule has 1 N–H and O–H groups in total. The van der Waals surface area contributed by atoms with E-state index in [4.69, 9.17) is 14.2 Å². The SMILES string of the molecule is CC(NC(=O)OC(C)(C)C)C(=O)O[C@@H](C)[C@H](Oc1ccccc1)C(C)C. The predicted molar refractivity (Wildman–Crippen MR) is 100 cm³/mol. The summed E-state index contributed by atoms with van der Waals surface area (Å²) in [5.41, 5.74) is -0.632. The zero-order valence-electron chi connectivity index (χ0n) is 16.7. The van der Waals surface area contributed by atoms with Gasteiger partial charge >= 0.3 is 12.1 Å². The Kier molecular flexibility index (Phi) is 7.93. The Bertz CT molecular complexity index is 580. The largest absolute Gasteiger partial charge is 0.486 e. The van der Waals surface area contributed by atoms with Crippen LogP contribution in [0.4, 0.5) is 4.79 Å². The third kappa shape index (κ3) is 7.76. The average molecular weight is 365 g/mol. The summed E-state index contributed by atoms with van der Waals surface area (Å²) in [5, 5.41) is 2.48. The fourth-order valence-electron chi connectivity index (χ4n) is 2.33. The number of esters is 1. The van der Waals surface area contributed by atoms with E-state index >= 15 is 0 Å². The highest BCUT2D eigenvalue weighted by atomic mass is 16.6. The molecule has 0 fully saturated rings. The first-order valence-electron chi connectivity index (χ1n) is 8.91. The van der Waals surface area contributed by atoms with Crippen LogP contribution < -0.4 is 10.1 Å². The van der Waals surface area contributed by atoms with E-state index in [9.17, 15) is 9.59 Å². The van der Waals surface area contributed by atoms with Crippen molar-refractivity contribution < 1.29 is 23.8 Å². The number of alkyl carbamates (subject to hydrolysis) is 1. The predicted octanol–water partition coefficient (Wildman–Crippen LogP) is 3.93. The van der Waals surface area contributed by atoms with E-state index in [2.05, 4.69) is 5.32 Å². The maximum absolute atomic E-state index is 12.3. The zero-order valence-corrected chi connectivity index (χ0v) is 16.7. The van der Waals surface area contributed by atoms with Gasteiger partial charge in [0.1, 0.15) is 29.6 Å². The minimum atomic E-state index is -0.822. The molecule has 0 aliphatic carbocycles. The number of nitrogens with one attached hydrogen (secondary N) is 1. The van der Waals surface area contributed by atoms with Gasteiger partial charge in [-0.15, -0.1) is 0 Å². The topological polar surface area (TPSA) is 73.9 Å². The zero-order chi connectivity index (χ0) is 19.9. The summed E-state index contributed by atoms with van der Waals surface area (Å²) in [6.45, 7) is 12.6.